The first-order chi connectivity index (χ1) is 16.7. The minimum Gasteiger partial charge on any atom is -0.493 e. The lowest BCUT2D eigenvalue weighted by molar-refractivity contribution is -0.137. The third-order valence-electron chi connectivity index (χ3n) is 5.95. The van der Waals surface area contributed by atoms with Crippen LogP contribution in [0.1, 0.15) is 30.5 Å². The number of alkyl halides is 3. The predicted molar refractivity (Wildman–Crippen MR) is 125 cm³/mol. The Kier molecular flexibility index (Phi) is 5.79. The average Bonchev–Trinajstić information content (AvgIpc) is 3.50. The summed E-state index contributed by atoms with van der Waals surface area (Å²) in [5, 5.41) is 8.27. The van der Waals surface area contributed by atoms with Gasteiger partial charge in [-0.05, 0) is 36.8 Å². The van der Waals surface area contributed by atoms with Crippen molar-refractivity contribution < 1.29 is 27.4 Å². The van der Waals surface area contributed by atoms with E-state index in [1.807, 2.05) is 0 Å². The Morgan fingerprint density at radius 1 is 1.20 bits per heavy atom. The zero-order valence-electron chi connectivity index (χ0n) is 19.1. The van der Waals surface area contributed by atoms with Crippen LogP contribution in [0.15, 0.2) is 42.6 Å². The van der Waals surface area contributed by atoms with Crippen molar-refractivity contribution in [1.82, 2.24) is 14.6 Å². The van der Waals surface area contributed by atoms with Crippen LogP contribution in [-0.2, 0) is 10.9 Å². The van der Waals surface area contributed by atoms with E-state index in [0.29, 0.717) is 52.6 Å². The molecule has 0 unspecified atom stereocenters. The van der Waals surface area contributed by atoms with Gasteiger partial charge in [-0.25, -0.2) is 9.50 Å². The molecular formula is C24H24F3N5O3. The van der Waals surface area contributed by atoms with Crippen LogP contribution < -0.4 is 20.5 Å². The maximum Gasteiger partial charge on any atom is 0.416 e. The number of aromatic nitrogens is 3. The Hall–Kier alpha value is -3.73. The number of hydrogen-bond donors (Lipinski definition) is 2. The van der Waals surface area contributed by atoms with Gasteiger partial charge in [0.05, 0.1) is 43.6 Å². The number of benzene rings is 2. The largest absolute Gasteiger partial charge is 0.493 e. The number of halogens is 3. The second kappa shape index (κ2) is 8.81. The molecule has 0 saturated carbocycles. The molecule has 1 saturated heterocycles. The summed E-state index contributed by atoms with van der Waals surface area (Å²) in [6.45, 7) is 2.86. The summed E-state index contributed by atoms with van der Waals surface area (Å²) < 4.78 is 58.8. The minimum atomic E-state index is -4.50. The zero-order chi connectivity index (χ0) is 24.7. The maximum absolute atomic E-state index is 13.3. The third kappa shape index (κ3) is 4.51. The molecular weight excluding hydrogens is 463 g/mol. The third-order valence-corrected chi connectivity index (χ3v) is 5.95. The smallest absolute Gasteiger partial charge is 0.416 e. The molecule has 1 fully saturated rings. The molecule has 2 atom stereocenters. The summed E-state index contributed by atoms with van der Waals surface area (Å²) in [7, 11) is 1.56. The zero-order valence-corrected chi connectivity index (χ0v) is 19.1. The molecule has 11 heteroatoms. The molecule has 0 spiro atoms. The Balaban J connectivity index is 1.59. The van der Waals surface area contributed by atoms with Crippen molar-refractivity contribution in [3.63, 3.8) is 0 Å². The first-order valence-electron chi connectivity index (χ1n) is 11.1. The van der Waals surface area contributed by atoms with Crippen LogP contribution in [0.3, 0.4) is 0 Å². The Morgan fingerprint density at radius 2 is 2.03 bits per heavy atom. The topological polar surface area (TPSA) is 95.9 Å². The molecule has 0 amide bonds. The molecule has 4 aromatic rings. The number of ether oxygens (including phenoxy) is 3. The van der Waals surface area contributed by atoms with Gasteiger partial charge < -0.3 is 25.3 Å². The van der Waals surface area contributed by atoms with Gasteiger partial charge in [-0.3, -0.25) is 0 Å². The summed E-state index contributed by atoms with van der Waals surface area (Å²) >= 11 is 0. The Labute approximate surface area is 198 Å². The monoisotopic (exact) mass is 487 g/mol. The summed E-state index contributed by atoms with van der Waals surface area (Å²) in [5.74, 6) is 1.51. The number of nitrogens with zero attached hydrogens (tertiary/aromatic N) is 3. The standard InChI is InChI=1S/C24H24F3N5O3/c1-13(14-7-15(24(25,26)27)9-16(28)8-14)30-23-18-10-21(35-17-4-6-34-12-17)20(33-2)11-19(18)32-22(31-23)3-5-29-32/h3,5,7-11,13,17H,4,6,12,28H2,1-2H3,(H,30,31)/t13-,17+/m1/s1. The first kappa shape index (κ1) is 23.0. The highest BCUT2D eigenvalue weighted by molar-refractivity contribution is 5.94. The van der Waals surface area contributed by atoms with Gasteiger partial charge in [-0.1, -0.05) is 0 Å². The van der Waals surface area contributed by atoms with E-state index in [2.05, 4.69) is 15.4 Å². The summed E-state index contributed by atoms with van der Waals surface area (Å²) in [4.78, 5) is 4.67. The Bertz CT molecular complexity index is 1380. The fraction of sp³-hybridized carbons (Fsp3) is 0.333. The molecule has 0 bridgehead atoms. The highest BCUT2D eigenvalue weighted by Crippen LogP contribution is 2.38. The van der Waals surface area contributed by atoms with Crippen molar-refractivity contribution in [2.75, 3.05) is 31.4 Å². The van der Waals surface area contributed by atoms with Crippen LogP contribution in [0, 0.1) is 0 Å². The van der Waals surface area contributed by atoms with Gasteiger partial charge in [0.25, 0.3) is 0 Å². The number of hydrogen-bond acceptors (Lipinski definition) is 7. The van der Waals surface area contributed by atoms with Gasteiger partial charge >= 0.3 is 6.18 Å². The highest BCUT2D eigenvalue weighted by atomic mass is 19.4. The summed E-state index contributed by atoms with van der Waals surface area (Å²) in [6, 6.07) is 8.34. The molecule has 1 aliphatic rings. The van der Waals surface area contributed by atoms with E-state index in [-0.39, 0.29) is 11.8 Å². The van der Waals surface area contributed by atoms with E-state index in [4.69, 9.17) is 19.9 Å². The van der Waals surface area contributed by atoms with Crippen LogP contribution >= 0.6 is 0 Å². The second-order valence-corrected chi connectivity index (χ2v) is 8.44. The van der Waals surface area contributed by atoms with Crippen molar-refractivity contribution in [1.29, 1.82) is 0 Å². The van der Waals surface area contributed by atoms with Gasteiger partial charge in [0.1, 0.15) is 11.9 Å². The SMILES string of the molecule is COc1cc2c(cc1O[C@H]1CCOC1)c(N[C@H](C)c1cc(N)cc(C(F)(F)F)c1)nc1ccnn12. The molecule has 5 rings (SSSR count). The van der Waals surface area contributed by atoms with Crippen LogP contribution in [0.5, 0.6) is 11.5 Å². The molecule has 3 heterocycles. The second-order valence-electron chi connectivity index (χ2n) is 8.44. The first-order valence-corrected chi connectivity index (χ1v) is 11.1. The van der Waals surface area contributed by atoms with Crippen molar-refractivity contribution in [2.24, 2.45) is 0 Å². The quantitative estimate of drug-likeness (QED) is 0.376. The lowest BCUT2D eigenvalue weighted by Gasteiger charge is -2.20. The normalized spacial score (nSPS) is 17.1. The summed E-state index contributed by atoms with van der Waals surface area (Å²) in [5.41, 5.74) is 6.65. The van der Waals surface area contributed by atoms with Gasteiger partial charge in [0, 0.05) is 29.6 Å². The van der Waals surface area contributed by atoms with E-state index in [0.717, 1.165) is 18.6 Å². The lowest BCUT2D eigenvalue weighted by Crippen LogP contribution is -2.16. The molecule has 3 N–H and O–H groups in total. The van der Waals surface area contributed by atoms with Crippen molar-refractivity contribution >= 4 is 28.1 Å². The van der Waals surface area contributed by atoms with Crippen LogP contribution in [-0.4, -0.2) is 41.0 Å². The van der Waals surface area contributed by atoms with E-state index in [9.17, 15) is 13.2 Å². The number of methoxy groups -OCH3 is 1. The molecule has 0 radical (unpaired) electrons. The molecule has 1 aliphatic heterocycles. The lowest BCUT2D eigenvalue weighted by atomic mass is 10.0. The van der Waals surface area contributed by atoms with Gasteiger partial charge in [-0.2, -0.15) is 18.3 Å². The van der Waals surface area contributed by atoms with Crippen LogP contribution in [0.4, 0.5) is 24.7 Å². The molecule has 0 aliphatic carbocycles. The number of nitrogens with two attached hydrogens (primary N) is 1. The molecule has 2 aromatic heterocycles. The predicted octanol–water partition coefficient (Wildman–Crippen LogP) is 4.83. The number of anilines is 2. The number of nitrogens with one attached hydrogen (secondary N) is 1. The fourth-order valence-electron chi connectivity index (χ4n) is 4.18. The van der Waals surface area contributed by atoms with E-state index >= 15 is 0 Å². The van der Waals surface area contributed by atoms with E-state index in [1.165, 1.54) is 6.07 Å². The molecule has 8 nitrogen and oxygen atoms in total. The van der Waals surface area contributed by atoms with E-state index < -0.39 is 17.8 Å². The minimum absolute atomic E-state index is 0.0340. The molecule has 184 valence electrons. The number of rotatable bonds is 6. The average molecular weight is 487 g/mol. The van der Waals surface area contributed by atoms with E-state index in [1.54, 1.807) is 42.9 Å². The number of nitrogen functional groups attached to an aromatic ring is 1. The Morgan fingerprint density at radius 3 is 2.74 bits per heavy atom. The van der Waals surface area contributed by atoms with Gasteiger partial charge in [-0.15, -0.1) is 0 Å². The van der Waals surface area contributed by atoms with Crippen LogP contribution in [0.25, 0.3) is 16.6 Å². The highest BCUT2D eigenvalue weighted by Gasteiger charge is 2.31. The summed E-state index contributed by atoms with van der Waals surface area (Å²) in [6.07, 6.45) is -2.23. The van der Waals surface area contributed by atoms with Gasteiger partial charge in [0.2, 0.25) is 0 Å². The van der Waals surface area contributed by atoms with Crippen molar-refractivity contribution in [3.05, 3.63) is 53.7 Å². The maximum atomic E-state index is 13.3. The fourth-order valence-corrected chi connectivity index (χ4v) is 4.18. The van der Waals surface area contributed by atoms with Gasteiger partial charge in [0.15, 0.2) is 17.1 Å². The van der Waals surface area contributed by atoms with Crippen molar-refractivity contribution in [2.45, 2.75) is 31.7 Å². The van der Waals surface area contributed by atoms with Crippen molar-refractivity contribution in [3.8, 4) is 11.5 Å². The van der Waals surface area contributed by atoms with Crippen LogP contribution in [0.2, 0.25) is 0 Å². The number of fused-ring (bicyclic) bond motifs is 3. The molecule has 35 heavy (non-hydrogen) atoms. The molecule has 2 aromatic carbocycles.